The van der Waals surface area contributed by atoms with Crippen molar-refractivity contribution in [2.75, 3.05) is 0 Å². The summed E-state index contributed by atoms with van der Waals surface area (Å²) in [5, 5.41) is 7.81. The van der Waals surface area contributed by atoms with Gasteiger partial charge in [0.05, 0.1) is 33.6 Å². The number of aryl methyl sites for hydroxylation is 1. The van der Waals surface area contributed by atoms with Gasteiger partial charge in [-0.15, -0.1) is 0 Å². The van der Waals surface area contributed by atoms with Crippen molar-refractivity contribution in [1.29, 1.82) is 0 Å². The maximum atomic E-state index is 13.1. The third-order valence-corrected chi connectivity index (χ3v) is 6.86. The maximum Gasteiger partial charge on any atom is 0.272 e. The lowest BCUT2D eigenvalue weighted by Gasteiger charge is -2.11. The Labute approximate surface area is 183 Å². The van der Waals surface area contributed by atoms with E-state index in [0.29, 0.717) is 33.4 Å². The number of aromatic nitrogens is 4. The standard InChI is InChI=1S/C23H19N5O3S/c1-14-10-11-15(22-16-6-2-3-7-17(16)23(29)28-27-22)12-20(14)32(30,31)24-13-21-25-18-8-4-5-9-19(18)26-21/h2-12,24H,13H2,1H3,(H,25,26)(H,28,29). The van der Waals surface area contributed by atoms with Gasteiger partial charge in [0.1, 0.15) is 5.82 Å². The molecular weight excluding hydrogens is 426 g/mol. The minimum Gasteiger partial charge on any atom is -0.341 e. The Morgan fingerprint density at radius 3 is 2.53 bits per heavy atom. The van der Waals surface area contributed by atoms with E-state index in [0.717, 1.165) is 11.0 Å². The topological polar surface area (TPSA) is 121 Å². The van der Waals surface area contributed by atoms with Gasteiger partial charge in [-0.1, -0.05) is 42.5 Å². The molecule has 0 atom stereocenters. The lowest BCUT2D eigenvalue weighted by Crippen LogP contribution is -2.24. The van der Waals surface area contributed by atoms with E-state index in [1.165, 1.54) is 0 Å². The van der Waals surface area contributed by atoms with Gasteiger partial charge in [-0.2, -0.15) is 5.10 Å². The second-order valence-electron chi connectivity index (χ2n) is 7.45. The number of sulfonamides is 1. The molecule has 32 heavy (non-hydrogen) atoms. The van der Waals surface area contributed by atoms with E-state index in [9.17, 15) is 13.2 Å². The van der Waals surface area contributed by atoms with Gasteiger partial charge in [0, 0.05) is 10.9 Å². The lowest BCUT2D eigenvalue weighted by atomic mass is 10.0. The third-order valence-electron chi connectivity index (χ3n) is 5.32. The van der Waals surface area contributed by atoms with Crippen LogP contribution in [0.5, 0.6) is 0 Å². The van der Waals surface area contributed by atoms with Crippen LogP contribution in [0.2, 0.25) is 0 Å². The average Bonchev–Trinajstić information content (AvgIpc) is 3.22. The molecule has 0 aliphatic carbocycles. The van der Waals surface area contributed by atoms with E-state index < -0.39 is 10.0 Å². The second-order valence-corrected chi connectivity index (χ2v) is 9.19. The van der Waals surface area contributed by atoms with Gasteiger partial charge in [0.15, 0.2) is 0 Å². The van der Waals surface area contributed by atoms with Crippen LogP contribution in [0.15, 0.2) is 76.4 Å². The van der Waals surface area contributed by atoms with Crippen LogP contribution in [0.4, 0.5) is 0 Å². The van der Waals surface area contributed by atoms with E-state index in [1.807, 2.05) is 30.3 Å². The summed E-state index contributed by atoms with van der Waals surface area (Å²) in [5.41, 5.74) is 3.02. The van der Waals surface area contributed by atoms with Crippen molar-refractivity contribution in [2.45, 2.75) is 18.4 Å². The first kappa shape index (κ1) is 20.1. The Morgan fingerprint density at radius 2 is 1.72 bits per heavy atom. The van der Waals surface area contributed by atoms with Crippen molar-refractivity contribution >= 4 is 31.8 Å². The Morgan fingerprint density at radius 1 is 0.969 bits per heavy atom. The van der Waals surface area contributed by atoms with E-state index in [-0.39, 0.29) is 17.0 Å². The molecular formula is C23H19N5O3S. The highest BCUT2D eigenvalue weighted by Gasteiger charge is 2.19. The number of fused-ring (bicyclic) bond motifs is 2. The number of H-pyrrole nitrogens is 2. The number of benzene rings is 3. The van der Waals surface area contributed by atoms with Crippen LogP contribution in [-0.4, -0.2) is 28.6 Å². The van der Waals surface area contributed by atoms with Crippen LogP contribution in [-0.2, 0) is 16.6 Å². The Kier molecular flexibility index (Phi) is 4.84. The fourth-order valence-corrected chi connectivity index (χ4v) is 4.96. The van der Waals surface area contributed by atoms with Crippen molar-refractivity contribution in [1.82, 2.24) is 24.9 Å². The van der Waals surface area contributed by atoms with Crippen LogP contribution in [0.1, 0.15) is 11.4 Å². The number of rotatable bonds is 5. The number of hydrogen-bond acceptors (Lipinski definition) is 5. The Hall–Kier alpha value is -3.82. The van der Waals surface area contributed by atoms with Crippen LogP contribution in [0.3, 0.4) is 0 Å². The first-order chi connectivity index (χ1) is 15.4. The summed E-state index contributed by atoms with van der Waals surface area (Å²) < 4.78 is 28.8. The van der Waals surface area contributed by atoms with E-state index >= 15 is 0 Å². The quantitative estimate of drug-likeness (QED) is 0.383. The SMILES string of the molecule is Cc1ccc(-c2n[nH]c(=O)c3ccccc23)cc1S(=O)(=O)NCc1nc2ccccc2[nH]1. The van der Waals surface area contributed by atoms with Gasteiger partial charge in [-0.25, -0.2) is 23.2 Å². The summed E-state index contributed by atoms with van der Waals surface area (Å²) in [6, 6.07) is 19.7. The molecule has 3 N–H and O–H groups in total. The third kappa shape index (κ3) is 3.57. The summed E-state index contributed by atoms with van der Waals surface area (Å²) in [4.78, 5) is 19.8. The summed E-state index contributed by atoms with van der Waals surface area (Å²) >= 11 is 0. The predicted octanol–water partition coefficient (Wildman–Crippen LogP) is 3.25. The van der Waals surface area contributed by atoms with Gasteiger partial charge < -0.3 is 4.98 Å². The molecule has 0 radical (unpaired) electrons. The molecule has 0 amide bonds. The molecule has 3 aromatic carbocycles. The Balaban J connectivity index is 1.51. The molecule has 2 aromatic heterocycles. The van der Waals surface area contributed by atoms with Gasteiger partial charge in [0.25, 0.3) is 5.56 Å². The molecule has 9 heteroatoms. The first-order valence-corrected chi connectivity index (χ1v) is 11.4. The fraction of sp³-hybridized carbons (Fsp3) is 0.0870. The predicted molar refractivity (Wildman–Crippen MR) is 123 cm³/mol. The number of imidazole rings is 1. The summed E-state index contributed by atoms with van der Waals surface area (Å²) in [5.74, 6) is 0.525. The fourth-order valence-electron chi connectivity index (χ4n) is 3.70. The van der Waals surface area contributed by atoms with Crippen molar-refractivity contribution in [3.63, 3.8) is 0 Å². The van der Waals surface area contributed by atoms with Crippen LogP contribution in [0, 0.1) is 6.92 Å². The summed E-state index contributed by atoms with van der Waals surface area (Å²) in [6.45, 7) is 1.76. The van der Waals surface area contributed by atoms with Gasteiger partial charge in [-0.3, -0.25) is 4.79 Å². The number of hydrogen-bond donors (Lipinski definition) is 3. The van der Waals surface area contributed by atoms with Gasteiger partial charge in [0.2, 0.25) is 10.0 Å². The average molecular weight is 446 g/mol. The molecule has 0 aliphatic heterocycles. The molecule has 0 fully saturated rings. The molecule has 0 unspecified atom stereocenters. The monoisotopic (exact) mass is 445 g/mol. The minimum atomic E-state index is -3.83. The molecule has 5 rings (SSSR count). The first-order valence-electron chi connectivity index (χ1n) is 9.94. The van der Waals surface area contributed by atoms with Crippen LogP contribution >= 0.6 is 0 Å². The molecule has 0 spiro atoms. The maximum absolute atomic E-state index is 13.1. The molecule has 8 nitrogen and oxygen atoms in total. The van der Waals surface area contributed by atoms with Gasteiger partial charge in [-0.05, 0) is 36.8 Å². The smallest absolute Gasteiger partial charge is 0.272 e. The number of nitrogens with zero attached hydrogens (tertiary/aromatic N) is 2. The normalized spacial score (nSPS) is 11.9. The van der Waals surface area contributed by atoms with Crippen molar-refractivity contribution in [3.05, 3.63) is 88.5 Å². The highest BCUT2D eigenvalue weighted by Crippen LogP contribution is 2.28. The zero-order valence-electron chi connectivity index (χ0n) is 17.1. The molecule has 0 aliphatic rings. The molecule has 0 saturated carbocycles. The van der Waals surface area contributed by atoms with Crippen molar-refractivity contribution in [3.8, 4) is 11.3 Å². The number of aromatic amines is 2. The lowest BCUT2D eigenvalue weighted by molar-refractivity contribution is 0.579. The summed E-state index contributed by atoms with van der Waals surface area (Å²) in [6.07, 6.45) is 0. The largest absolute Gasteiger partial charge is 0.341 e. The summed E-state index contributed by atoms with van der Waals surface area (Å²) in [7, 11) is -3.83. The number of para-hydroxylation sites is 2. The van der Waals surface area contributed by atoms with Crippen LogP contribution < -0.4 is 10.3 Å². The van der Waals surface area contributed by atoms with Crippen molar-refractivity contribution in [2.24, 2.45) is 0 Å². The zero-order valence-corrected chi connectivity index (χ0v) is 17.9. The highest BCUT2D eigenvalue weighted by molar-refractivity contribution is 7.89. The molecule has 2 heterocycles. The van der Waals surface area contributed by atoms with Gasteiger partial charge >= 0.3 is 0 Å². The minimum absolute atomic E-state index is 0.0283. The molecule has 160 valence electrons. The highest BCUT2D eigenvalue weighted by atomic mass is 32.2. The Bertz CT molecular complexity index is 1600. The molecule has 0 bridgehead atoms. The van der Waals surface area contributed by atoms with E-state index in [1.54, 1.807) is 43.3 Å². The number of nitrogens with one attached hydrogen (secondary N) is 3. The second kappa shape index (κ2) is 7.70. The zero-order chi connectivity index (χ0) is 22.3. The van der Waals surface area contributed by atoms with E-state index in [2.05, 4.69) is 24.9 Å². The molecule has 5 aromatic rings. The van der Waals surface area contributed by atoms with Crippen molar-refractivity contribution < 1.29 is 8.42 Å². The van der Waals surface area contributed by atoms with E-state index in [4.69, 9.17) is 0 Å². The molecule has 0 saturated heterocycles. The van der Waals surface area contributed by atoms with Crippen LogP contribution in [0.25, 0.3) is 33.1 Å².